The first-order chi connectivity index (χ1) is 41.0. The van der Waals surface area contributed by atoms with Gasteiger partial charge in [0, 0.05) is 19.3 Å². The Morgan fingerprint density at radius 1 is 0.253 bits per heavy atom. The van der Waals surface area contributed by atoms with Crippen LogP contribution in [0.25, 0.3) is 0 Å². The maximum atomic E-state index is 12.9. The van der Waals surface area contributed by atoms with Crippen LogP contribution in [-0.2, 0) is 28.6 Å². The van der Waals surface area contributed by atoms with Crippen molar-refractivity contribution in [3.63, 3.8) is 0 Å². The molecule has 0 aromatic rings. The maximum Gasteiger partial charge on any atom is 0.306 e. The van der Waals surface area contributed by atoms with Crippen LogP contribution in [0.15, 0.2) is 85.1 Å². The summed E-state index contributed by atoms with van der Waals surface area (Å²) in [5.41, 5.74) is 0. The van der Waals surface area contributed by atoms with Gasteiger partial charge in [-0.2, -0.15) is 0 Å². The van der Waals surface area contributed by atoms with E-state index in [1.54, 1.807) is 0 Å². The SMILES string of the molecule is CC/C=C\C/C=C\C/C=C\C/C=C\CCCCCCCCCCCCCCCCCCCCCCC(=O)OCC(COC(=O)CCCCCCC/C=C\CCCCCC)OC(=O)CCCCCCCCCCC/C=C\C/C=C\CCCCC. The molecule has 480 valence electrons. The van der Waals surface area contributed by atoms with E-state index in [0.717, 1.165) is 96.3 Å². The fourth-order valence-electron chi connectivity index (χ4n) is 10.5. The van der Waals surface area contributed by atoms with Gasteiger partial charge in [0.05, 0.1) is 0 Å². The number of carbonyl (C=O) groups is 3. The summed E-state index contributed by atoms with van der Waals surface area (Å²) in [6.45, 7) is 6.53. The topological polar surface area (TPSA) is 78.9 Å². The molecular weight excluding hydrogens is 1020 g/mol. The number of carbonyl (C=O) groups excluding carboxylic acids is 3. The fraction of sp³-hybridized carbons (Fsp3) is 0.779. The third kappa shape index (κ3) is 69.3. The van der Waals surface area contributed by atoms with Crippen LogP contribution >= 0.6 is 0 Å². The molecule has 0 aromatic carbocycles. The monoisotopic (exact) mass is 1160 g/mol. The molecule has 1 unspecified atom stereocenters. The summed E-state index contributed by atoms with van der Waals surface area (Å²) in [7, 11) is 0. The highest BCUT2D eigenvalue weighted by Gasteiger charge is 2.19. The van der Waals surface area contributed by atoms with Crippen molar-refractivity contribution >= 4 is 17.9 Å². The van der Waals surface area contributed by atoms with E-state index in [-0.39, 0.29) is 31.1 Å². The molecule has 0 saturated heterocycles. The zero-order valence-corrected chi connectivity index (χ0v) is 55.2. The van der Waals surface area contributed by atoms with Gasteiger partial charge in [-0.1, -0.05) is 318 Å². The minimum Gasteiger partial charge on any atom is -0.462 e. The number of hydrogen-bond donors (Lipinski definition) is 0. The van der Waals surface area contributed by atoms with Gasteiger partial charge in [0.25, 0.3) is 0 Å². The standard InChI is InChI=1S/C77H136O6/c1-4-7-10-13-16-19-22-25-27-29-31-32-33-34-35-36-37-38-39-40-41-42-43-44-46-47-49-52-55-58-61-64-67-70-76(79)82-73-74(72-81-75(78)69-66-63-60-57-54-51-24-21-18-15-12-9-6-3)83-77(80)71-68-65-62-59-56-53-50-48-45-30-28-26-23-20-17-14-11-8-5-2/h7,10,16-17,19-21,24-28,31-32,74H,4-6,8-9,11-15,18,22-23,29-30,33-73H2,1-3H3/b10-7-,19-16-,20-17-,24-21-,27-25-,28-26-,32-31-. The molecule has 0 aliphatic rings. The minimum atomic E-state index is -0.781. The van der Waals surface area contributed by atoms with E-state index in [1.165, 1.54) is 231 Å². The molecular formula is C77H136O6. The molecule has 0 N–H and O–H groups in total. The Balaban J connectivity index is 4.16. The van der Waals surface area contributed by atoms with Crippen LogP contribution in [0.4, 0.5) is 0 Å². The normalized spacial score (nSPS) is 12.6. The summed E-state index contributed by atoms with van der Waals surface area (Å²) in [5, 5.41) is 0. The first kappa shape index (κ1) is 79.6. The van der Waals surface area contributed by atoms with Crippen LogP contribution in [0.1, 0.15) is 367 Å². The lowest BCUT2D eigenvalue weighted by Crippen LogP contribution is -2.30. The van der Waals surface area contributed by atoms with Crippen LogP contribution in [0.2, 0.25) is 0 Å². The van der Waals surface area contributed by atoms with Crippen molar-refractivity contribution in [3.05, 3.63) is 85.1 Å². The van der Waals surface area contributed by atoms with Gasteiger partial charge in [-0.05, 0) is 116 Å². The fourth-order valence-corrected chi connectivity index (χ4v) is 10.5. The van der Waals surface area contributed by atoms with Gasteiger partial charge < -0.3 is 14.2 Å². The van der Waals surface area contributed by atoms with Gasteiger partial charge in [-0.15, -0.1) is 0 Å². The maximum absolute atomic E-state index is 12.9. The predicted molar refractivity (Wildman–Crippen MR) is 362 cm³/mol. The van der Waals surface area contributed by atoms with Crippen molar-refractivity contribution in [1.82, 2.24) is 0 Å². The second-order valence-electron chi connectivity index (χ2n) is 24.1. The van der Waals surface area contributed by atoms with E-state index < -0.39 is 6.10 Å². The Morgan fingerprint density at radius 2 is 0.470 bits per heavy atom. The highest BCUT2D eigenvalue weighted by Crippen LogP contribution is 2.18. The van der Waals surface area contributed by atoms with Crippen LogP contribution in [0.3, 0.4) is 0 Å². The lowest BCUT2D eigenvalue weighted by atomic mass is 10.0. The Kier molecular flexibility index (Phi) is 68.2. The molecule has 6 heteroatoms. The minimum absolute atomic E-state index is 0.0762. The third-order valence-electron chi connectivity index (χ3n) is 15.9. The summed E-state index contributed by atoms with van der Waals surface area (Å²) in [5.74, 6) is -0.869. The number of hydrogen-bond acceptors (Lipinski definition) is 6. The summed E-state index contributed by atoms with van der Waals surface area (Å²) < 4.78 is 17.0. The summed E-state index contributed by atoms with van der Waals surface area (Å²) in [4.78, 5) is 38.4. The molecule has 0 aliphatic carbocycles. The summed E-state index contributed by atoms with van der Waals surface area (Å²) in [6, 6.07) is 0. The Bertz CT molecular complexity index is 1570. The third-order valence-corrected chi connectivity index (χ3v) is 15.9. The highest BCUT2D eigenvalue weighted by molar-refractivity contribution is 5.71. The van der Waals surface area contributed by atoms with Gasteiger partial charge >= 0.3 is 17.9 Å². The Morgan fingerprint density at radius 3 is 0.771 bits per heavy atom. The van der Waals surface area contributed by atoms with E-state index in [2.05, 4.69) is 106 Å². The van der Waals surface area contributed by atoms with Crippen LogP contribution in [0.5, 0.6) is 0 Å². The van der Waals surface area contributed by atoms with Crippen molar-refractivity contribution in [1.29, 1.82) is 0 Å². The number of allylic oxidation sites excluding steroid dienone is 14. The molecule has 0 amide bonds. The van der Waals surface area contributed by atoms with Crippen molar-refractivity contribution in [3.8, 4) is 0 Å². The summed E-state index contributed by atoms with van der Waals surface area (Å²) >= 11 is 0. The smallest absolute Gasteiger partial charge is 0.306 e. The van der Waals surface area contributed by atoms with Gasteiger partial charge in [0.15, 0.2) is 6.10 Å². The van der Waals surface area contributed by atoms with E-state index in [0.29, 0.717) is 19.3 Å². The molecule has 0 bridgehead atoms. The molecule has 0 heterocycles. The molecule has 0 radical (unpaired) electrons. The predicted octanol–water partition coefficient (Wildman–Crippen LogP) is 25.0. The first-order valence-corrected chi connectivity index (χ1v) is 36.1. The van der Waals surface area contributed by atoms with Crippen LogP contribution in [0, 0.1) is 0 Å². The Hall–Kier alpha value is -3.41. The molecule has 1 atom stereocenters. The van der Waals surface area contributed by atoms with E-state index in [4.69, 9.17) is 14.2 Å². The van der Waals surface area contributed by atoms with Crippen LogP contribution < -0.4 is 0 Å². The molecule has 0 spiro atoms. The lowest BCUT2D eigenvalue weighted by Gasteiger charge is -2.18. The van der Waals surface area contributed by atoms with E-state index >= 15 is 0 Å². The van der Waals surface area contributed by atoms with Crippen LogP contribution in [-0.4, -0.2) is 37.2 Å². The first-order valence-electron chi connectivity index (χ1n) is 36.1. The van der Waals surface area contributed by atoms with Gasteiger partial charge in [0.1, 0.15) is 13.2 Å². The molecule has 6 nitrogen and oxygen atoms in total. The number of rotatable bonds is 66. The van der Waals surface area contributed by atoms with Crippen molar-refractivity contribution in [2.75, 3.05) is 13.2 Å². The summed E-state index contributed by atoms with van der Waals surface area (Å²) in [6.07, 6.45) is 94.8. The van der Waals surface area contributed by atoms with Gasteiger partial charge in [0.2, 0.25) is 0 Å². The average molecular weight is 1160 g/mol. The van der Waals surface area contributed by atoms with E-state index in [9.17, 15) is 14.4 Å². The highest BCUT2D eigenvalue weighted by atomic mass is 16.6. The largest absolute Gasteiger partial charge is 0.462 e. The average Bonchev–Trinajstić information content (AvgIpc) is 3.49. The lowest BCUT2D eigenvalue weighted by molar-refractivity contribution is -0.167. The second kappa shape index (κ2) is 71.1. The molecule has 0 aliphatic heterocycles. The van der Waals surface area contributed by atoms with Crippen molar-refractivity contribution < 1.29 is 28.6 Å². The molecule has 0 aromatic heterocycles. The molecule has 83 heavy (non-hydrogen) atoms. The molecule has 0 saturated carbocycles. The van der Waals surface area contributed by atoms with Gasteiger partial charge in [-0.3, -0.25) is 14.4 Å². The molecule has 0 rings (SSSR count). The number of esters is 3. The van der Waals surface area contributed by atoms with Gasteiger partial charge in [-0.25, -0.2) is 0 Å². The zero-order chi connectivity index (χ0) is 59.9. The zero-order valence-electron chi connectivity index (χ0n) is 55.2. The quantitative estimate of drug-likeness (QED) is 0.0261. The number of unbranched alkanes of at least 4 members (excludes halogenated alkanes) is 41. The van der Waals surface area contributed by atoms with Crippen molar-refractivity contribution in [2.45, 2.75) is 374 Å². The van der Waals surface area contributed by atoms with Crippen molar-refractivity contribution in [2.24, 2.45) is 0 Å². The van der Waals surface area contributed by atoms with E-state index in [1.807, 2.05) is 0 Å². The Labute approximate surface area is 515 Å². The molecule has 0 fully saturated rings. The number of ether oxygens (including phenoxy) is 3. The second-order valence-corrected chi connectivity index (χ2v) is 24.1.